The number of hydrogen-bond donors (Lipinski definition) is 2. The maximum atomic E-state index is 11.2. The number of rotatable bonds is 9. The molecule has 0 bridgehead atoms. The lowest BCUT2D eigenvalue weighted by molar-refractivity contribution is 0.0941. The van der Waals surface area contributed by atoms with E-state index in [0.717, 1.165) is 19.1 Å². The van der Waals surface area contributed by atoms with Gasteiger partial charge in [-0.05, 0) is 29.5 Å². The molecule has 7 heteroatoms. The first-order chi connectivity index (χ1) is 12.8. The van der Waals surface area contributed by atoms with Crippen LogP contribution in [0.15, 0.2) is 12.5 Å². The molecular formula is C20H35N3O3Si. The van der Waals surface area contributed by atoms with Gasteiger partial charge < -0.3 is 14.8 Å². The molecule has 27 heavy (non-hydrogen) atoms. The van der Waals surface area contributed by atoms with E-state index in [-0.39, 0.29) is 24.7 Å². The Labute approximate surface area is 164 Å². The second-order valence-electron chi connectivity index (χ2n) is 8.67. The van der Waals surface area contributed by atoms with Crippen LogP contribution in [0.5, 0.6) is 0 Å². The highest BCUT2D eigenvalue weighted by molar-refractivity contribution is 6.77. The molecule has 0 radical (unpaired) electrons. The Morgan fingerprint density at radius 2 is 1.85 bits per heavy atom. The first-order valence-electron chi connectivity index (χ1n) is 10.1. The summed E-state index contributed by atoms with van der Waals surface area (Å²) >= 11 is 0. The molecule has 2 rings (SSSR count). The first-order valence-corrected chi connectivity index (χ1v) is 12.2. The standard InChI is InChI=1S/C20H35N3O3Si/c1-13(2)27(14(3)4,15(5)6)26-19-8-18(7-16(19)10-24)23-20-17(11-25)9-21-12-22-20/h9,11-16,18-19,24H,7-8,10H2,1-6H3,(H,21,22,23)/t16-,18-,19+/m1/s1. The zero-order chi connectivity index (χ0) is 20.2. The Kier molecular flexibility index (Phi) is 7.53. The summed E-state index contributed by atoms with van der Waals surface area (Å²) < 4.78 is 6.95. The fourth-order valence-corrected chi connectivity index (χ4v) is 10.6. The van der Waals surface area contributed by atoms with E-state index in [1.54, 1.807) is 0 Å². The number of aromatic nitrogens is 2. The Morgan fingerprint density at radius 1 is 1.22 bits per heavy atom. The van der Waals surface area contributed by atoms with Gasteiger partial charge in [-0.25, -0.2) is 9.97 Å². The normalized spacial score (nSPS) is 23.4. The number of nitrogens with zero attached hydrogens (tertiary/aromatic N) is 2. The van der Waals surface area contributed by atoms with Gasteiger partial charge in [-0.1, -0.05) is 41.5 Å². The van der Waals surface area contributed by atoms with Gasteiger partial charge >= 0.3 is 0 Å². The zero-order valence-corrected chi connectivity index (χ0v) is 18.5. The molecule has 1 fully saturated rings. The van der Waals surface area contributed by atoms with Crippen LogP contribution < -0.4 is 5.32 Å². The first kappa shape index (κ1) is 22.0. The van der Waals surface area contributed by atoms with E-state index in [1.165, 1.54) is 12.5 Å². The van der Waals surface area contributed by atoms with E-state index in [4.69, 9.17) is 4.43 Å². The van der Waals surface area contributed by atoms with E-state index in [2.05, 4.69) is 56.8 Å². The molecular weight excluding hydrogens is 358 g/mol. The molecule has 152 valence electrons. The molecule has 0 saturated heterocycles. The quantitative estimate of drug-likeness (QED) is 0.487. The number of carbonyl (C=O) groups excluding carboxylic acids is 1. The van der Waals surface area contributed by atoms with E-state index < -0.39 is 8.32 Å². The molecule has 2 N–H and O–H groups in total. The van der Waals surface area contributed by atoms with E-state index >= 15 is 0 Å². The lowest BCUT2D eigenvalue weighted by Crippen LogP contribution is -2.51. The molecule has 3 atom stereocenters. The summed E-state index contributed by atoms with van der Waals surface area (Å²) in [5.41, 5.74) is 1.98. The SMILES string of the molecule is CC(C)[Si](O[C@H]1C[C@H](Nc2ncncc2C=O)C[C@@H]1CO)(C(C)C)C(C)C. The van der Waals surface area contributed by atoms with Gasteiger partial charge in [-0.15, -0.1) is 0 Å². The molecule has 0 aromatic carbocycles. The lowest BCUT2D eigenvalue weighted by Gasteiger charge is -2.45. The Hall–Kier alpha value is -1.31. The molecule has 1 heterocycles. The van der Waals surface area contributed by atoms with Crippen molar-refractivity contribution in [1.29, 1.82) is 0 Å². The second-order valence-corrected chi connectivity index (χ2v) is 14.1. The average Bonchev–Trinajstić information content (AvgIpc) is 3.00. The van der Waals surface area contributed by atoms with Crippen molar-refractivity contribution in [1.82, 2.24) is 9.97 Å². The fraction of sp³-hybridized carbons (Fsp3) is 0.750. The van der Waals surface area contributed by atoms with Crippen LogP contribution in [0, 0.1) is 5.92 Å². The van der Waals surface area contributed by atoms with Crippen molar-refractivity contribution in [3.05, 3.63) is 18.1 Å². The van der Waals surface area contributed by atoms with Crippen LogP contribution >= 0.6 is 0 Å². The molecule has 0 unspecified atom stereocenters. The van der Waals surface area contributed by atoms with Crippen molar-refractivity contribution < 1.29 is 14.3 Å². The van der Waals surface area contributed by atoms with Crippen molar-refractivity contribution in [2.75, 3.05) is 11.9 Å². The highest BCUT2D eigenvalue weighted by Crippen LogP contribution is 2.45. The third kappa shape index (κ3) is 4.58. The van der Waals surface area contributed by atoms with Gasteiger partial charge in [0.2, 0.25) is 8.32 Å². The molecule has 0 aliphatic heterocycles. The lowest BCUT2D eigenvalue weighted by atomic mass is 10.1. The van der Waals surface area contributed by atoms with Crippen LogP contribution in [-0.4, -0.2) is 48.4 Å². The van der Waals surface area contributed by atoms with Crippen molar-refractivity contribution in [2.24, 2.45) is 5.92 Å². The maximum absolute atomic E-state index is 11.2. The van der Waals surface area contributed by atoms with Crippen LogP contribution in [0.4, 0.5) is 5.82 Å². The number of anilines is 1. The topological polar surface area (TPSA) is 84.3 Å². The predicted molar refractivity (Wildman–Crippen MR) is 111 cm³/mol. The molecule has 1 aromatic rings. The van der Waals surface area contributed by atoms with Gasteiger partial charge in [-0.2, -0.15) is 0 Å². The van der Waals surface area contributed by atoms with E-state index in [1.807, 2.05) is 0 Å². The smallest absolute Gasteiger partial charge is 0.200 e. The molecule has 1 saturated carbocycles. The molecule has 0 spiro atoms. The number of aliphatic hydroxyl groups is 1. The molecule has 0 amide bonds. The number of hydrogen-bond acceptors (Lipinski definition) is 6. The molecule has 1 aliphatic carbocycles. The van der Waals surface area contributed by atoms with Gasteiger partial charge in [-0.3, -0.25) is 4.79 Å². The van der Waals surface area contributed by atoms with Gasteiger partial charge in [0.25, 0.3) is 0 Å². The van der Waals surface area contributed by atoms with Crippen molar-refractivity contribution in [3.8, 4) is 0 Å². The van der Waals surface area contributed by atoms with Crippen LogP contribution in [0.25, 0.3) is 0 Å². The van der Waals surface area contributed by atoms with E-state index in [9.17, 15) is 9.90 Å². The summed E-state index contributed by atoms with van der Waals surface area (Å²) in [5, 5.41) is 13.3. The summed E-state index contributed by atoms with van der Waals surface area (Å²) in [6, 6.07) is 0.124. The third-order valence-electron chi connectivity index (χ3n) is 6.14. The van der Waals surface area contributed by atoms with Gasteiger partial charge in [0.1, 0.15) is 12.1 Å². The number of nitrogens with one attached hydrogen (secondary N) is 1. The third-order valence-corrected chi connectivity index (χ3v) is 12.3. The van der Waals surface area contributed by atoms with Gasteiger partial charge in [0.05, 0.1) is 11.7 Å². The number of aldehydes is 1. The number of aliphatic hydroxyl groups excluding tert-OH is 1. The van der Waals surface area contributed by atoms with Crippen LogP contribution in [0.3, 0.4) is 0 Å². The van der Waals surface area contributed by atoms with Gasteiger partial charge in [0, 0.05) is 24.8 Å². The summed E-state index contributed by atoms with van der Waals surface area (Å²) in [5.74, 6) is 0.662. The fourth-order valence-electron chi connectivity index (χ4n) is 4.95. The van der Waals surface area contributed by atoms with Crippen molar-refractivity contribution >= 4 is 20.4 Å². The minimum atomic E-state index is -2.01. The van der Waals surface area contributed by atoms with Crippen LogP contribution in [0.1, 0.15) is 64.7 Å². The highest BCUT2D eigenvalue weighted by Gasteiger charge is 2.49. The van der Waals surface area contributed by atoms with Crippen molar-refractivity contribution in [2.45, 2.75) is 83.2 Å². The summed E-state index contributed by atoms with van der Waals surface area (Å²) in [4.78, 5) is 19.3. The minimum absolute atomic E-state index is 0.0351. The molecule has 6 nitrogen and oxygen atoms in total. The highest BCUT2D eigenvalue weighted by atomic mass is 28.4. The molecule has 1 aromatic heterocycles. The summed E-state index contributed by atoms with van der Waals surface area (Å²) in [7, 11) is -2.01. The van der Waals surface area contributed by atoms with Crippen LogP contribution in [-0.2, 0) is 4.43 Å². The molecule has 1 aliphatic rings. The Balaban J connectivity index is 2.19. The monoisotopic (exact) mass is 393 g/mol. The predicted octanol–water partition coefficient (Wildman–Crippen LogP) is 4.03. The Bertz CT molecular complexity index is 602. The average molecular weight is 394 g/mol. The minimum Gasteiger partial charge on any atom is -0.413 e. The number of carbonyl (C=O) groups is 1. The zero-order valence-electron chi connectivity index (χ0n) is 17.5. The maximum Gasteiger partial charge on any atom is 0.200 e. The van der Waals surface area contributed by atoms with Crippen molar-refractivity contribution in [3.63, 3.8) is 0 Å². The second kappa shape index (κ2) is 9.25. The summed E-state index contributed by atoms with van der Waals surface area (Å²) in [6.07, 6.45) is 5.38. The summed E-state index contributed by atoms with van der Waals surface area (Å²) in [6.45, 7) is 13.8. The van der Waals surface area contributed by atoms with Gasteiger partial charge in [0.15, 0.2) is 6.29 Å². The van der Waals surface area contributed by atoms with Crippen LogP contribution in [0.2, 0.25) is 16.6 Å². The largest absolute Gasteiger partial charge is 0.413 e. The Morgan fingerprint density at radius 3 is 2.37 bits per heavy atom. The van der Waals surface area contributed by atoms with E-state index in [0.29, 0.717) is 28.0 Å².